The fourth-order valence-electron chi connectivity index (χ4n) is 2.98. The summed E-state index contributed by atoms with van der Waals surface area (Å²) in [7, 11) is 0. The topological polar surface area (TPSA) is 83.2 Å². The molecule has 3 aromatic rings. The first-order chi connectivity index (χ1) is 10.6. The number of carbonyl (C=O) groups is 1. The predicted octanol–water partition coefficient (Wildman–Crippen LogP) is 1.23. The summed E-state index contributed by atoms with van der Waals surface area (Å²) in [5.41, 5.74) is 2.08. The molecule has 0 bridgehead atoms. The van der Waals surface area contributed by atoms with E-state index >= 15 is 0 Å². The van der Waals surface area contributed by atoms with Crippen molar-refractivity contribution in [3.05, 3.63) is 28.7 Å². The van der Waals surface area contributed by atoms with Gasteiger partial charge < -0.3 is 9.90 Å². The van der Waals surface area contributed by atoms with Crippen molar-refractivity contribution in [3.63, 3.8) is 0 Å². The SMILES string of the molecule is C[C@@H]1CCc2sc3ncn4nc(/C=C/C(=O)[O-])nc4c3c2C1. The molecular formula is C15H13N4O2S-. The second-order valence-electron chi connectivity index (χ2n) is 5.67. The van der Waals surface area contributed by atoms with Gasteiger partial charge in [0.2, 0.25) is 0 Å². The van der Waals surface area contributed by atoms with Crippen LogP contribution in [0.25, 0.3) is 21.9 Å². The van der Waals surface area contributed by atoms with E-state index < -0.39 is 5.97 Å². The first-order valence-corrected chi connectivity index (χ1v) is 7.98. The van der Waals surface area contributed by atoms with E-state index in [1.165, 1.54) is 22.9 Å². The Morgan fingerprint density at radius 3 is 3.23 bits per heavy atom. The first kappa shape index (κ1) is 13.4. The van der Waals surface area contributed by atoms with E-state index in [1.807, 2.05) is 0 Å². The number of aliphatic carboxylic acids is 1. The van der Waals surface area contributed by atoms with Crippen LogP contribution in [-0.4, -0.2) is 25.6 Å². The largest absolute Gasteiger partial charge is 0.545 e. The standard InChI is InChI=1S/C15H14N4O2S/c1-8-2-3-10-9(6-8)13-14-17-11(4-5-12(20)21)18-19(14)7-16-15(13)22-10/h4-5,7-8H,2-3,6H2,1H3,(H,20,21)/p-1/b5-4+/t8-/m1/s1. The number of nitrogens with zero attached hydrogens (tertiary/aromatic N) is 4. The Balaban J connectivity index is 1.94. The lowest BCUT2D eigenvalue weighted by atomic mass is 9.89. The monoisotopic (exact) mass is 313 g/mol. The van der Waals surface area contributed by atoms with Crippen LogP contribution in [0.1, 0.15) is 29.6 Å². The molecular weight excluding hydrogens is 300 g/mol. The van der Waals surface area contributed by atoms with Gasteiger partial charge in [-0.1, -0.05) is 6.92 Å². The van der Waals surface area contributed by atoms with Crippen LogP contribution in [0.3, 0.4) is 0 Å². The third-order valence-corrected chi connectivity index (χ3v) is 5.21. The molecule has 1 aliphatic rings. The molecule has 0 unspecified atom stereocenters. The zero-order chi connectivity index (χ0) is 15.3. The zero-order valence-corrected chi connectivity index (χ0v) is 12.8. The molecule has 0 spiro atoms. The maximum atomic E-state index is 10.5. The van der Waals surface area contributed by atoms with Crippen LogP contribution in [0.2, 0.25) is 0 Å². The molecule has 0 saturated heterocycles. The molecule has 112 valence electrons. The molecule has 0 radical (unpaired) electrons. The summed E-state index contributed by atoms with van der Waals surface area (Å²) in [5.74, 6) is -0.253. The summed E-state index contributed by atoms with van der Waals surface area (Å²) in [6, 6.07) is 0. The van der Waals surface area contributed by atoms with Crippen molar-refractivity contribution in [3.8, 4) is 0 Å². The highest BCUT2D eigenvalue weighted by Crippen LogP contribution is 2.38. The number of fused-ring (bicyclic) bond motifs is 5. The van der Waals surface area contributed by atoms with Crippen LogP contribution in [-0.2, 0) is 17.6 Å². The van der Waals surface area contributed by atoms with Gasteiger partial charge in [0.1, 0.15) is 11.2 Å². The van der Waals surface area contributed by atoms with Gasteiger partial charge in [0.05, 0.1) is 11.4 Å². The van der Waals surface area contributed by atoms with Crippen LogP contribution in [0.5, 0.6) is 0 Å². The molecule has 3 aromatic heterocycles. The van der Waals surface area contributed by atoms with Gasteiger partial charge in [-0.3, -0.25) is 0 Å². The third-order valence-electron chi connectivity index (χ3n) is 4.01. The van der Waals surface area contributed by atoms with Crippen LogP contribution in [0, 0.1) is 5.92 Å². The maximum absolute atomic E-state index is 10.5. The predicted molar refractivity (Wildman–Crippen MR) is 81.4 cm³/mol. The minimum Gasteiger partial charge on any atom is -0.545 e. The van der Waals surface area contributed by atoms with Gasteiger partial charge in [0, 0.05) is 4.88 Å². The number of rotatable bonds is 2. The summed E-state index contributed by atoms with van der Waals surface area (Å²) < 4.78 is 1.61. The molecule has 3 heterocycles. The number of hydrogen-bond donors (Lipinski definition) is 0. The fraction of sp³-hybridized carbons (Fsp3) is 0.333. The van der Waals surface area contributed by atoms with Crippen molar-refractivity contribution in [2.45, 2.75) is 26.2 Å². The van der Waals surface area contributed by atoms with Crippen LogP contribution in [0.15, 0.2) is 12.4 Å². The summed E-state index contributed by atoms with van der Waals surface area (Å²) in [5, 5.41) is 15.8. The van der Waals surface area contributed by atoms with Crippen LogP contribution >= 0.6 is 11.3 Å². The quantitative estimate of drug-likeness (QED) is 0.664. The van der Waals surface area contributed by atoms with Gasteiger partial charge in [-0.2, -0.15) is 0 Å². The summed E-state index contributed by atoms with van der Waals surface area (Å²) in [4.78, 5) is 21.8. The highest BCUT2D eigenvalue weighted by Gasteiger charge is 2.23. The van der Waals surface area contributed by atoms with Crippen molar-refractivity contribution in [1.29, 1.82) is 0 Å². The lowest BCUT2D eigenvalue weighted by Gasteiger charge is -2.17. The second kappa shape index (κ2) is 4.88. The second-order valence-corrected chi connectivity index (χ2v) is 6.75. The molecule has 7 heteroatoms. The minimum absolute atomic E-state index is 0.349. The Labute approximate surface area is 130 Å². The van der Waals surface area contributed by atoms with E-state index in [2.05, 4.69) is 22.0 Å². The van der Waals surface area contributed by atoms with E-state index in [-0.39, 0.29) is 0 Å². The highest BCUT2D eigenvalue weighted by molar-refractivity contribution is 7.19. The molecule has 0 saturated carbocycles. The lowest BCUT2D eigenvalue weighted by Crippen LogP contribution is -2.18. The number of carboxylic acid groups (broad SMARTS) is 1. The van der Waals surface area contributed by atoms with E-state index in [0.29, 0.717) is 11.7 Å². The van der Waals surface area contributed by atoms with Crippen molar-refractivity contribution in [2.75, 3.05) is 0 Å². The first-order valence-electron chi connectivity index (χ1n) is 7.16. The molecule has 6 nitrogen and oxygen atoms in total. The Morgan fingerprint density at radius 2 is 2.41 bits per heavy atom. The normalized spacial score (nSPS) is 18.3. The van der Waals surface area contributed by atoms with E-state index in [9.17, 15) is 9.90 Å². The Kier molecular flexibility index (Phi) is 2.97. The van der Waals surface area contributed by atoms with Crippen LogP contribution in [0.4, 0.5) is 0 Å². The minimum atomic E-state index is -1.26. The molecule has 22 heavy (non-hydrogen) atoms. The van der Waals surface area contributed by atoms with Gasteiger partial charge >= 0.3 is 0 Å². The molecule has 4 rings (SSSR count). The zero-order valence-electron chi connectivity index (χ0n) is 11.9. The average molecular weight is 313 g/mol. The Morgan fingerprint density at radius 1 is 1.55 bits per heavy atom. The number of aromatic nitrogens is 4. The van der Waals surface area contributed by atoms with Crippen molar-refractivity contribution in [1.82, 2.24) is 19.6 Å². The number of hydrogen-bond acceptors (Lipinski definition) is 6. The van der Waals surface area contributed by atoms with E-state index in [4.69, 9.17) is 0 Å². The molecule has 1 aliphatic carbocycles. The summed E-state index contributed by atoms with van der Waals surface area (Å²) in [6.45, 7) is 2.26. The molecule has 0 aromatic carbocycles. The van der Waals surface area contributed by atoms with E-state index in [0.717, 1.165) is 34.8 Å². The third kappa shape index (κ3) is 2.09. The molecule has 0 aliphatic heterocycles. The van der Waals surface area contributed by atoms with Crippen molar-refractivity contribution >= 4 is 39.2 Å². The van der Waals surface area contributed by atoms with Crippen LogP contribution < -0.4 is 5.11 Å². The lowest BCUT2D eigenvalue weighted by molar-refractivity contribution is -0.297. The molecule has 0 fully saturated rings. The summed E-state index contributed by atoms with van der Waals surface area (Å²) >= 11 is 1.73. The molecule has 1 atom stereocenters. The van der Waals surface area contributed by atoms with Gasteiger partial charge in [-0.15, -0.1) is 16.4 Å². The molecule has 0 amide bonds. The number of carbonyl (C=O) groups excluding carboxylic acids is 1. The average Bonchev–Trinajstić information content (AvgIpc) is 3.04. The smallest absolute Gasteiger partial charge is 0.175 e. The number of carboxylic acids is 1. The number of thiophene rings is 1. The van der Waals surface area contributed by atoms with Gasteiger partial charge in [0.25, 0.3) is 0 Å². The van der Waals surface area contributed by atoms with Gasteiger partial charge in [0.15, 0.2) is 11.5 Å². The number of aryl methyl sites for hydroxylation is 1. The molecule has 0 N–H and O–H groups in total. The maximum Gasteiger partial charge on any atom is 0.175 e. The fourth-order valence-corrected chi connectivity index (χ4v) is 4.15. The Hall–Kier alpha value is -2.28. The summed E-state index contributed by atoms with van der Waals surface area (Å²) in [6.07, 6.45) is 7.25. The van der Waals surface area contributed by atoms with Gasteiger partial charge in [-0.05, 0) is 42.9 Å². The Bertz CT molecular complexity index is 925. The van der Waals surface area contributed by atoms with Gasteiger partial charge in [-0.25, -0.2) is 14.5 Å². The van der Waals surface area contributed by atoms with Crippen molar-refractivity contribution < 1.29 is 9.90 Å². The van der Waals surface area contributed by atoms with E-state index in [1.54, 1.807) is 22.2 Å². The van der Waals surface area contributed by atoms with Crippen molar-refractivity contribution in [2.24, 2.45) is 5.92 Å². The highest BCUT2D eigenvalue weighted by atomic mass is 32.1.